The van der Waals surface area contributed by atoms with Gasteiger partial charge >= 0.3 is 12.1 Å². The zero-order valence-corrected chi connectivity index (χ0v) is 9.83. The predicted molar refractivity (Wildman–Crippen MR) is 65.8 cm³/mol. The molecule has 0 saturated carbocycles. The summed E-state index contributed by atoms with van der Waals surface area (Å²) in [5, 5.41) is 4.68. The molecule has 7 heteroatoms. The number of urea groups is 2. The molecule has 3 aliphatic rings. The summed E-state index contributed by atoms with van der Waals surface area (Å²) in [6, 6.07) is -0.996. The highest BCUT2D eigenvalue weighted by Crippen LogP contribution is 2.30. The van der Waals surface area contributed by atoms with E-state index >= 15 is 0 Å². The molecule has 0 unspecified atom stereocenters. The van der Waals surface area contributed by atoms with Crippen LogP contribution in [0.25, 0.3) is 0 Å². The van der Waals surface area contributed by atoms with E-state index in [1.807, 2.05) is 6.08 Å². The van der Waals surface area contributed by atoms with Crippen molar-refractivity contribution in [2.45, 2.75) is 6.42 Å². The number of amides is 4. The zero-order valence-electron chi connectivity index (χ0n) is 8.93. The number of hydrogen-bond donors (Lipinski definition) is 4. The molecule has 4 N–H and O–H groups in total. The molecule has 1 fully saturated rings. The first-order valence-corrected chi connectivity index (χ1v) is 5.40. The predicted octanol–water partition coefficient (Wildman–Crippen LogP) is 0.623. The van der Waals surface area contributed by atoms with Crippen molar-refractivity contribution in [1.82, 2.24) is 14.9 Å². The van der Waals surface area contributed by atoms with Gasteiger partial charge in [-0.05, 0) is 23.6 Å². The summed E-state index contributed by atoms with van der Waals surface area (Å²) in [6.45, 7) is 0.175. The van der Waals surface area contributed by atoms with E-state index in [1.165, 1.54) is 11.1 Å². The molecule has 90 valence electrons. The van der Waals surface area contributed by atoms with Crippen molar-refractivity contribution in [1.29, 1.82) is 0 Å². The maximum Gasteiger partial charge on any atom is 0.337 e. The van der Waals surface area contributed by atoms with Gasteiger partial charge in [0.2, 0.25) is 0 Å². The summed E-state index contributed by atoms with van der Waals surface area (Å²) in [6.07, 6.45) is 7.32. The lowest BCUT2D eigenvalue weighted by Gasteiger charge is -2.20. The molecule has 0 aromatic carbocycles. The van der Waals surface area contributed by atoms with E-state index in [4.69, 9.17) is 5.73 Å². The summed E-state index contributed by atoms with van der Waals surface area (Å²) in [7, 11) is 0. The molecule has 6 nitrogen and oxygen atoms in total. The minimum atomic E-state index is -0.498. The van der Waals surface area contributed by atoms with Gasteiger partial charge in [-0.3, -0.25) is 0 Å². The number of fused-ring (bicyclic) bond motifs is 2. The molecule has 2 aliphatic carbocycles. The normalized spacial score (nSPS) is 20.8. The molecule has 1 aliphatic heterocycles. The van der Waals surface area contributed by atoms with Crippen molar-refractivity contribution >= 4 is 24.9 Å². The van der Waals surface area contributed by atoms with Crippen molar-refractivity contribution in [3.63, 3.8) is 0 Å². The van der Waals surface area contributed by atoms with E-state index < -0.39 is 12.1 Å². The van der Waals surface area contributed by atoms with Gasteiger partial charge in [-0.25, -0.2) is 9.59 Å². The minimum absolute atomic E-state index is 0.175. The van der Waals surface area contributed by atoms with E-state index in [1.54, 1.807) is 0 Å². The summed E-state index contributed by atoms with van der Waals surface area (Å²) in [5.74, 6) is 0. The standard InChI is InChI=1S/C7H7N.C3H5N3O2S/c8-7-4-5-1-2-6(7)3-5;7-2-4-1-5-3(8)6(2)9/h1-2,4H,3,8H2;9H,1H2,(H,4,7)(H,5,8). The van der Waals surface area contributed by atoms with Gasteiger partial charge in [-0.1, -0.05) is 25.0 Å². The summed E-state index contributed by atoms with van der Waals surface area (Å²) in [4.78, 5) is 21.0. The Labute approximate surface area is 104 Å². The number of thiol groups is 1. The average molecular weight is 252 g/mol. The van der Waals surface area contributed by atoms with Crippen molar-refractivity contribution in [2.75, 3.05) is 6.67 Å². The summed E-state index contributed by atoms with van der Waals surface area (Å²) < 4.78 is 0.670. The molecular weight excluding hydrogens is 240 g/mol. The number of allylic oxidation sites excluding steroid dienone is 5. The van der Waals surface area contributed by atoms with E-state index in [2.05, 4.69) is 35.6 Å². The maximum atomic E-state index is 10.5. The largest absolute Gasteiger partial charge is 0.398 e. The third kappa shape index (κ3) is 2.44. The van der Waals surface area contributed by atoms with Gasteiger partial charge in [0.1, 0.15) is 0 Å². The van der Waals surface area contributed by atoms with Crippen LogP contribution in [-0.4, -0.2) is 23.0 Å². The number of hydrogen-bond acceptors (Lipinski definition) is 4. The Hall–Kier alpha value is -1.89. The number of nitrogens with two attached hydrogens (primary N) is 1. The molecule has 0 aromatic rings. The average Bonchev–Trinajstić information content (AvgIpc) is 2.88. The van der Waals surface area contributed by atoms with Crippen molar-refractivity contribution in [3.8, 4) is 0 Å². The van der Waals surface area contributed by atoms with E-state index in [-0.39, 0.29) is 6.67 Å². The molecule has 1 saturated heterocycles. The first kappa shape index (κ1) is 11.6. The van der Waals surface area contributed by atoms with Crippen molar-refractivity contribution in [2.24, 2.45) is 5.73 Å². The SMILES string of the molecule is NC1=C2C=CC(=C1)C2.O=C1NCNC(=O)N1S. The van der Waals surface area contributed by atoms with Crippen LogP contribution in [0.3, 0.4) is 0 Å². The molecule has 1 heterocycles. The Kier molecular flexibility index (Phi) is 3.10. The van der Waals surface area contributed by atoms with Gasteiger partial charge in [-0.2, -0.15) is 4.31 Å². The van der Waals surface area contributed by atoms with E-state index in [0.717, 1.165) is 12.1 Å². The molecule has 2 bridgehead atoms. The highest BCUT2D eigenvalue weighted by molar-refractivity contribution is 7.79. The Morgan fingerprint density at radius 1 is 1.24 bits per heavy atom. The molecule has 3 rings (SSSR count). The zero-order chi connectivity index (χ0) is 12.4. The fraction of sp³-hybridized carbons (Fsp3) is 0.200. The van der Waals surface area contributed by atoms with Crippen LogP contribution < -0.4 is 16.4 Å². The number of rotatable bonds is 0. The van der Waals surface area contributed by atoms with Crippen LogP contribution in [0, 0.1) is 0 Å². The van der Waals surface area contributed by atoms with E-state index in [9.17, 15) is 9.59 Å². The second-order valence-electron chi connectivity index (χ2n) is 3.66. The molecular formula is C10H12N4O2S. The first-order chi connectivity index (χ1) is 8.08. The molecule has 0 aromatic heterocycles. The smallest absolute Gasteiger partial charge is 0.337 e. The van der Waals surface area contributed by atoms with E-state index in [0.29, 0.717) is 4.31 Å². The summed E-state index contributed by atoms with van der Waals surface area (Å²) in [5.41, 5.74) is 9.18. The Morgan fingerprint density at radius 3 is 2.18 bits per heavy atom. The van der Waals surface area contributed by atoms with Crippen LogP contribution in [0.4, 0.5) is 9.59 Å². The Bertz CT molecular complexity index is 451. The lowest BCUT2D eigenvalue weighted by molar-refractivity contribution is 0.201. The van der Waals surface area contributed by atoms with Gasteiger partial charge in [0, 0.05) is 5.70 Å². The van der Waals surface area contributed by atoms with Gasteiger partial charge in [-0.15, -0.1) is 0 Å². The van der Waals surface area contributed by atoms with Gasteiger partial charge in [0.05, 0.1) is 6.67 Å². The van der Waals surface area contributed by atoms with Crippen LogP contribution in [0.5, 0.6) is 0 Å². The fourth-order valence-corrected chi connectivity index (χ4v) is 1.71. The molecule has 17 heavy (non-hydrogen) atoms. The van der Waals surface area contributed by atoms with Crippen LogP contribution >= 0.6 is 12.8 Å². The highest BCUT2D eigenvalue weighted by atomic mass is 32.1. The van der Waals surface area contributed by atoms with Gasteiger partial charge < -0.3 is 16.4 Å². The lowest BCUT2D eigenvalue weighted by Crippen LogP contribution is -2.53. The number of nitrogens with zero attached hydrogens (tertiary/aromatic N) is 1. The first-order valence-electron chi connectivity index (χ1n) is 5.00. The fourth-order valence-electron chi connectivity index (χ4n) is 1.57. The molecule has 0 spiro atoms. The van der Waals surface area contributed by atoms with Gasteiger partial charge in [0.15, 0.2) is 0 Å². The molecule has 4 amide bonds. The van der Waals surface area contributed by atoms with Crippen LogP contribution in [0.2, 0.25) is 0 Å². The highest BCUT2D eigenvalue weighted by Gasteiger charge is 2.21. The number of nitrogens with one attached hydrogen (secondary N) is 2. The second-order valence-corrected chi connectivity index (χ2v) is 4.06. The third-order valence-electron chi connectivity index (χ3n) is 2.47. The number of carbonyl (C=O) groups is 2. The summed E-state index contributed by atoms with van der Waals surface area (Å²) >= 11 is 3.56. The van der Waals surface area contributed by atoms with Crippen LogP contribution in [-0.2, 0) is 0 Å². The molecule has 0 atom stereocenters. The van der Waals surface area contributed by atoms with Gasteiger partial charge in [0.25, 0.3) is 0 Å². The van der Waals surface area contributed by atoms with Crippen LogP contribution in [0.1, 0.15) is 6.42 Å². The number of carbonyl (C=O) groups excluding carboxylic acids is 2. The topological polar surface area (TPSA) is 87.5 Å². The lowest BCUT2D eigenvalue weighted by atomic mass is 10.2. The molecule has 0 radical (unpaired) electrons. The maximum absolute atomic E-state index is 10.5. The van der Waals surface area contributed by atoms with Crippen molar-refractivity contribution < 1.29 is 9.59 Å². The quantitative estimate of drug-likeness (QED) is 0.477. The Balaban J connectivity index is 0.000000127. The van der Waals surface area contributed by atoms with Crippen molar-refractivity contribution in [3.05, 3.63) is 35.1 Å². The Morgan fingerprint density at radius 2 is 1.88 bits per heavy atom. The number of imide groups is 1. The minimum Gasteiger partial charge on any atom is -0.398 e. The monoisotopic (exact) mass is 252 g/mol. The second kappa shape index (κ2) is 4.54. The third-order valence-corrected chi connectivity index (χ3v) is 2.83. The van der Waals surface area contributed by atoms with Crippen LogP contribution in [0.15, 0.2) is 35.1 Å².